The van der Waals surface area contributed by atoms with Gasteiger partial charge >= 0.3 is 6.09 Å². The minimum Gasteiger partial charge on any atom is -0.442 e. The number of cyclic esters (lactones) is 1. The second-order valence-electron chi connectivity index (χ2n) is 11.3. The minimum absolute atomic E-state index is 0. The highest BCUT2D eigenvalue weighted by atomic mass is 35.5. The van der Waals surface area contributed by atoms with Crippen molar-refractivity contribution in [2.24, 2.45) is 5.73 Å². The number of carbonyl (C=O) groups excluding carboxylic acids is 5. The Kier molecular flexibility index (Phi) is 13.5. The van der Waals surface area contributed by atoms with Crippen LogP contribution in [0.15, 0.2) is 60.7 Å². The molecule has 0 unspecified atom stereocenters. The largest absolute Gasteiger partial charge is 0.442 e. The third kappa shape index (κ3) is 9.76. The summed E-state index contributed by atoms with van der Waals surface area (Å²) in [6.45, 7) is 0.544. The van der Waals surface area contributed by atoms with Crippen molar-refractivity contribution < 1.29 is 37.8 Å². The molecule has 16 heteroatoms. The normalized spacial score (nSPS) is 16.6. The fourth-order valence-corrected chi connectivity index (χ4v) is 6.48. The van der Waals surface area contributed by atoms with Gasteiger partial charge in [-0.3, -0.25) is 29.0 Å². The Morgan fingerprint density at radius 2 is 1.86 bits per heavy atom. The van der Waals surface area contributed by atoms with E-state index in [0.29, 0.717) is 42.4 Å². The molecule has 1 aromatic heterocycles. The molecular formula is C33H36Cl2FN5O7S. The van der Waals surface area contributed by atoms with E-state index in [-0.39, 0.29) is 61.5 Å². The molecule has 49 heavy (non-hydrogen) atoms. The minimum atomic E-state index is -0.934. The van der Waals surface area contributed by atoms with Crippen LogP contribution in [-0.4, -0.2) is 86.2 Å². The zero-order valence-corrected chi connectivity index (χ0v) is 28.7. The predicted octanol–water partition coefficient (Wildman–Crippen LogP) is 4.18. The molecule has 2 aliphatic heterocycles. The molecule has 2 fully saturated rings. The van der Waals surface area contributed by atoms with Crippen LogP contribution in [0.3, 0.4) is 0 Å². The molecule has 3 N–H and O–H groups in total. The third-order valence-electron chi connectivity index (χ3n) is 7.94. The van der Waals surface area contributed by atoms with Gasteiger partial charge in [-0.1, -0.05) is 41.9 Å². The number of thiophene rings is 1. The lowest BCUT2D eigenvalue weighted by Gasteiger charge is -2.27. The summed E-state index contributed by atoms with van der Waals surface area (Å²) >= 11 is 7.07. The predicted molar refractivity (Wildman–Crippen MR) is 185 cm³/mol. The number of hydrogen-bond donors (Lipinski definition) is 2. The number of primary amides is 1. The SMILES string of the molecule is Cl.NC(=O)[C@H](Cc1ccccc1)NCCCCC(=O)N(C[C@H]1CN(c2ccc(N3CCOCC3=O)cc2F)C(=O)O1)C(=O)c1ccc(Cl)s1. The summed E-state index contributed by atoms with van der Waals surface area (Å²) in [5, 5.41) is 3.14. The van der Waals surface area contributed by atoms with Crippen LogP contribution < -0.4 is 20.9 Å². The molecule has 2 aromatic carbocycles. The second-order valence-corrected chi connectivity index (χ2v) is 13.0. The van der Waals surface area contributed by atoms with E-state index in [2.05, 4.69) is 5.32 Å². The van der Waals surface area contributed by atoms with E-state index in [1.807, 2.05) is 30.3 Å². The zero-order chi connectivity index (χ0) is 34.2. The van der Waals surface area contributed by atoms with E-state index in [0.717, 1.165) is 26.7 Å². The number of unbranched alkanes of at least 4 members (excludes halogenated alkanes) is 1. The van der Waals surface area contributed by atoms with E-state index in [1.165, 1.54) is 29.2 Å². The summed E-state index contributed by atoms with van der Waals surface area (Å²) in [6, 6.07) is 16.0. The standard InChI is InChI=1S/C33H35ClFN5O7S.ClH/c34-28-12-11-27(48-28)32(44)40(29(41)8-4-5-13-37-25(31(36)43)16-21-6-2-1-3-7-21)19-23-18-39(33(45)47-23)26-10-9-22(17-24(26)35)38-14-15-46-20-30(38)42;/h1-3,6-7,9-12,17,23,25,37H,4-5,8,13-16,18-20H2,(H2,36,43);1H/t23-,25+;/m1./s1. The highest BCUT2D eigenvalue weighted by Crippen LogP contribution is 2.30. The van der Waals surface area contributed by atoms with E-state index in [4.69, 9.17) is 26.8 Å². The Morgan fingerprint density at radius 1 is 1.08 bits per heavy atom. The van der Waals surface area contributed by atoms with Crippen molar-refractivity contribution in [2.45, 2.75) is 37.8 Å². The Balaban J connectivity index is 0.00000541. The number of nitrogens with one attached hydrogen (secondary N) is 1. The average Bonchev–Trinajstić information content (AvgIpc) is 3.67. The van der Waals surface area contributed by atoms with Crippen LogP contribution in [0.4, 0.5) is 20.6 Å². The molecule has 2 aliphatic rings. The number of ether oxygens (including phenoxy) is 2. The van der Waals surface area contributed by atoms with Crippen LogP contribution in [0.25, 0.3) is 0 Å². The van der Waals surface area contributed by atoms with Crippen LogP contribution in [-0.2, 0) is 30.3 Å². The number of hydrogen-bond acceptors (Lipinski definition) is 9. The van der Waals surface area contributed by atoms with Gasteiger partial charge in [0, 0.05) is 18.7 Å². The van der Waals surface area contributed by atoms with Crippen LogP contribution in [0.5, 0.6) is 0 Å². The van der Waals surface area contributed by atoms with Crippen molar-refractivity contribution in [3.8, 4) is 0 Å². The Hall–Kier alpha value is -4.08. The summed E-state index contributed by atoms with van der Waals surface area (Å²) in [5.74, 6) is -2.60. The van der Waals surface area contributed by atoms with Gasteiger partial charge in [-0.2, -0.15) is 0 Å². The van der Waals surface area contributed by atoms with Gasteiger partial charge in [0.25, 0.3) is 11.8 Å². The lowest BCUT2D eigenvalue weighted by molar-refractivity contribution is -0.129. The number of anilines is 2. The van der Waals surface area contributed by atoms with Gasteiger partial charge < -0.3 is 25.4 Å². The van der Waals surface area contributed by atoms with E-state index < -0.39 is 41.8 Å². The van der Waals surface area contributed by atoms with Crippen molar-refractivity contribution in [1.29, 1.82) is 0 Å². The molecule has 0 aliphatic carbocycles. The Morgan fingerprint density at radius 3 is 2.53 bits per heavy atom. The van der Waals surface area contributed by atoms with E-state index in [1.54, 1.807) is 6.07 Å². The number of rotatable bonds is 14. The zero-order valence-electron chi connectivity index (χ0n) is 26.3. The maximum absolute atomic E-state index is 15.3. The number of halogens is 3. The van der Waals surface area contributed by atoms with Crippen LogP contribution in [0.2, 0.25) is 4.34 Å². The van der Waals surface area contributed by atoms with Gasteiger partial charge in [-0.05, 0) is 61.7 Å². The van der Waals surface area contributed by atoms with Gasteiger partial charge in [-0.15, -0.1) is 23.7 Å². The molecule has 0 spiro atoms. The summed E-state index contributed by atoms with van der Waals surface area (Å²) in [5.41, 5.74) is 6.81. The van der Waals surface area contributed by atoms with E-state index >= 15 is 4.39 Å². The first-order valence-electron chi connectivity index (χ1n) is 15.4. The Labute approximate surface area is 297 Å². The molecule has 0 saturated carbocycles. The van der Waals surface area contributed by atoms with Gasteiger partial charge in [0.1, 0.15) is 18.5 Å². The van der Waals surface area contributed by atoms with Crippen molar-refractivity contribution in [3.05, 3.63) is 81.3 Å². The van der Waals surface area contributed by atoms with E-state index in [9.17, 15) is 24.0 Å². The number of carbonyl (C=O) groups is 5. The first-order chi connectivity index (χ1) is 23.1. The van der Waals surface area contributed by atoms with Gasteiger partial charge in [0.2, 0.25) is 11.8 Å². The molecule has 0 bridgehead atoms. The summed E-state index contributed by atoms with van der Waals surface area (Å²) < 4.78 is 26.2. The third-order valence-corrected chi connectivity index (χ3v) is 9.16. The summed E-state index contributed by atoms with van der Waals surface area (Å²) in [6.07, 6.45) is -0.408. The molecule has 2 atom stereocenters. The van der Waals surface area contributed by atoms with Gasteiger partial charge in [-0.25, -0.2) is 9.18 Å². The number of amides is 5. The Bertz CT molecular complexity index is 1660. The molecule has 3 aromatic rings. The molecule has 2 saturated heterocycles. The van der Waals surface area contributed by atoms with Gasteiger partial charge in [0.05, 0.1) is 40.6 Å². The van der Waals surface area contributed by atoms with Crippen LogP contribution >= 0.6 is 35.3 Å². The highest BCUT2D eigenvalue weighted by molar-refractivity contribution is 7.18. The molecule has 5 amide bonds. The maximum Gasteiger partial charge on any atom is 0.414 e. The molecule has 262 valence electrons. The topological polar surface area (TPSA) is 152 Å². The number of nitrogens with two attached hydrogens (primary N) is 1. The summed E-state index contributed by atoms with van der Waals surface area (Å²) in [7, 11) is 0. The van der Waals surface area contributed by atoms with Gasteiger partial charge in [0.15, 0.2) is 0 Å². The number of benzene rings is 2. The lowest BCUT2D eigenvalue weighted by atomic mass is 10.1. The first-order valence-corrected chi connectivity index (χ1v) is 16.6. The quantitative estimate of drug-likeness (QED) is 0.234. The fourth-order valence-electron chi connectivity index (χ4n) is 5.49. The monoisotopic (exact) mass is 735 g/mol. The molecule has 5 rings (SSSR count). The van der Waals surface area contributed by atoms with Crippen molar-refractivity contribution in [2.75, 3.05) is 49.2 Å². The second kappa shape index (κ2) is 17.5. The lowest BCUT2D eigenvalue weighted by Crippen LogP contribution is -2.43. The van der Waals surface area contributed by atoms with Crippen LogP contribution in [0.1, 0.15) is 34.5 Å². The summed E-state index contributed by atoms with van der Waals surface area (Å²) in [4.78, 5) is 67.6. The maximum atomic E-state index is 15.3. The first kappa shape index (κ1) is 37.7. The highest BCUT2D eigenvalue weighted by Gasteiger charge is 2.38. The fraction of sp³-hybridized carbons (Fsp3) is 0.364. The smallest absolute Gasteiger partial charge is 0.414 e. The number of morpholine rings is 1. The molecule has 3 heterocycles. The van der Waals surface area contributed by atoms with Crippen molar-refractivity contribution in [3.63, 3.8) is 0 Å². The molecule has 0 radical (unpaired) electrons. The number of imide groups is 1. The molecular weight excluding hydrogens is 700 g/mol. The average molecular weight is 737 g/mol. The van der Waals surface area contributed by atoms with Crippen LogP contribution in [0, 0.1) is 5.82 Å². The molecule has 12 nitrogen and oxygen atoms in total. The van der Waals surface area contributed by atoms with Crippen molar-refractivity contribution >= 4 is 76.4 Å². The van der Waals surface area contributed by atoms with Crippen molar-refractivity contribution in [1.82, 2.24) is 10.2 Å². The number of nitrogens with zero attached hydrogens (tertiary/aromatic N) is 3.